The molecule has 1 fully saturated rings. The highest BCUT2D eigenvalue weighted by atomic mass is 19.3. The fraction of sp³-hybridized carbons (Fsp3) is 0.273. The molecule has 0 unspecified atom stereocenters. The summed E-state index contributed by atoms with van der Waals surface area (Å²) in [5.74, 6) is 0. The van der Waals surface area contributed by atoms with Gasteiger partial charge in [-0.15, -0.1) is 0 Å². The van der Waals surface area contributed by atoms with Crippen molar-refractivity contribution in [3.63, 3.8) is 0 Å². The number of halogens is 2. The number of alkyl halides is 2. The zero-order chi connectivity index (χ0) is 21.2. The van der Waals surface area contributed by atoms with Gasteiger partial charge in [0, 0.05) is 61.7 Å². The number of aromatic nitrogens is 4. The summed E-state index contributed by atoms with van der Waals surface area (Å²) in [5.41, 5.74) is 5.80. The van der Waals surface area contributed by atoms with Gasteiger partial charge in [0.15, 0.2) is 5.65 Å². The predicted octanol–water partition coefficient (Wildman–Crippen LogP) is 3.86. The van der Waals surface area contributed by atoms with Gasteiger partial charge in [0.2, 0.25) is 0 Å². The van der Waals surface area contributed by atoms with Crippen LogP contribution in [0.1, 0.15) is 0 Å². The lowest BCUT2D eigenvalue weighted by atomic mass is 10.2. The van der Waals surface area contributed by atoms with Crippen molar-refractivity contribution in [2.45, 2.75) is 6.43 Å². The Morgan fingerprint density at radius 1 is 1.03 bits per heavy atom. The second-order valence-corrected chi connectivity index (χ2v) is 7.59. The van der Waals surface area contributed by atoms with Gasteiger partial charge in [0.05, 0.1) is 24.1 Å². The monoisotopic (exact) mass is 423 g/mol. The molecule has 0 spiro atoms. The SMILES string of the molecule is FC(F)CN1CCN(c2ccc(Nc3ccc(-c4cn[nH]c4)n4ccnc34)cc2)CC1. The van der Waals surface area contributed by atoms with Crippen molar-refractivity contribution < 1.29 is 8.78 Å². The van der Waals surface area contributed by atoms with Gasteiger partial charge in [-0.05, 0) is 36.4 Å². The molecule has 31 heavy (non-hydrogen) atoms. The molecule has 7 nitrogen and oxygen atoms in total. The number of hydrogen-bond donors (Lipinski definition) is 2. The Bertz CT molecular complexity index is 1130. The Balaban J connectivity index is 1.29. The lowest BCUT2D eigenvalue weighted by Crippen LogP contribution is -2.47. The summed E-state index contributed by atoms with van der Waals surface area (Å²) in [6, 6.07) is 12.2. The minimum absolute atomic E-state index is 0.141. The Hall–Kier alpha value is -3.46. The molecule has 1 aromatic carbocycles. The smallest absolute Gasteiger partial charge is 0.251 e. The Morgan fingerprint density at radius 2 is 1.84 bits per heavy atom. The average molecular weight is 423 g/mol. The van der Waals surface area contributed by atoms with Crippen molar-refractivity contribution >= 4 is 22.7 Å². The molecule has 0 radical (unpaired) electrons. The highest BCUT2D eigenvalue weighted by Crippen LogP contribution is 2.28. The van der Waals surface area contributed by atoms with E-state index in [1.165, 1.54) is 0 Å². The van der Waals surface area contributed by atoms with Crippen LogP contribution >= 0.6 is 0 Å². The molecule has 0 amide bonds. The van der Waals surface area contributed by atoms with E-state index < -0.39 is 6.43 Å². The van der Waals surface area contributed by atoms with E-state index in [9.17, 15) is 8.78 Å². The van der Waals surface area contributed by atoms with E-state index in [2.05, 4.69) is 37.5 Å². The molecule has 5 rings (SSSR count). The number of nitrogens with one attached hydrogen (secondary N) is 2. The number of nitrogens with zero attached hydrogens (tertiary/aromatic N) is 5. The van der Waals surface area contributed by atoms with Crippen LogP contribution in [0, 0.1) is 0 Å². The van der Waals surface area contributed by atoms with Gasteiger partial charge >= 0.3 is 0 Å². The van der Waals surface area contributed by atoms with E-state index >= 15 is 0 Å². The third-order valence-corrected chi connectivity index (χ3v) is 5.62. The van der Waals surface area contributed by atoms with Crippen LogP contribution in [0.2, 0.25) is 0 Å². The van der Waals surface area contributed by atoms with Crippen molar-refractivity contribution in [2.24, 2.45) is 0 Å². The molecular formula is C22H23F2N7. The third-order valence-electron chi connectivity index (χ3n) is 5.62. The van der Waals surface area contributed by atoms with Gasteiger partial charge in [-0.3, -0.25) is 14.4 Å². The molecule has 160 valence electrons. The Labute approximate surface area is 178 Å². The highest BCUT2D eigenvalue weighted by molar-refractivity contribution is 5.78. The molecule has 4 aromatic rings. The van der Waals surface area contributed by atoms with Crippen LogP contribution in [0.25, 0.3) is 16.9 Å². The van der Waals surface area contributed by atoms with E-state index in [0.29, 0.717) is 13.1 Å². The second-order valence-electron chi connectivity index (χ2n) is 7.59. The average Bonchev–Trinajstić information content (AvgIpc) is 3.47. The lowest BCUT2D eigenvalue weighted by molar-refractivity contribution is 0.0854. The lowest BCUT2D eigenvalue weighted by Gasteiger charge is -2.36. The van der Waals surface area contributed by atoms with Crippen LogP contribution < -0.4 is 10.2 Å². The number of anilines is 3. The summed E-state index contributed by atoms with van der Waals surface area (Å²) in [4.78, 5) is 8.56. The minimum atomic E-state index is -2.27. The Kier molecular flexibility index (Phi) is 5.25. The van der Waals surface area contributed by atoms with Crippen molar-refractivity contribution in [1.29, 1.82) is 0 Å². The number of imidazole rings is 1. The van der Waals surface area contributed by atoms with Crippen molar-refractivity contribution in [3.8, 4) is 11.3 Å². The topological polar surface area (TPSA) is 64.5 Å². The summed E-state index contributed by atoms with van der Waals surface area (Å²) < 4.78 is 27.1. The molecule has 1 aliphatic heterocycles. The normalized spacial score (nSPS) is 15.1. The number of piperazine rings is 1. The second kappa shape index (κ2) is 8.35. The van der Waals surface area contributed by atoms with Crippen molar-refractivity contribution in [2.75, 3.05) is 42.9 Å². The van der Waals surface area contributed by atoms with Crippen LogP contribution in [0.4, 0.5) is 25.8 Å². The number of fused-ring (bicyclic) bond motifs is 1. The number of hydrogen-bond acceptors (Lipinski definition) is 5. The summed E-state index contributed by atoms with van der Waals surface area (Å²) in [6.07, 6.45) is 5.08. The number of H-pyrrole nitrogens is 1. The molecule has 9 heteroatoms. The largest absolute Gasteiger partial charge is 0.369 e. The third kappa shape index (κ3) is 4.09. The fourth-order valence-electron chi connectivity index (χ4n) is 4.03. The molecule has 1 aliphatic rings. The number of aromatic amines is 1. The molecule has 2 N–H and O–H groups in total. The first-order chi connectivity index (χ1) is 15.2. The maximum atomic E-state index is 12.6. The first-order valence-electron chi connectivity index (χ1n) is 10.2. The van der Waals surface area contributed by atoms with Crippen LogP contribution in [0.15, 0.2) is 61.2 Å². The molecule has 1 saturated heterocycles. The van der Waals surface area contributed by atoms with Crippen LogP contribution in [0.3, 0.4) is 0 Å². The van der Waals surface area contributed by atoms with E-state index in [4.69, 9.17) is 0 Å². The molecule has 0 aliphatic carbocycles. The Morgan fingerprint density at radius 3 is 2.55 bits per heavy atom. The van der Waals surface area contributed by atoms with Crippen LogP contribution in [-0.4, -0.2) is 63.6 Å². The molecule has 3 aromatic heterocycles. The number of benzene rings is 1. The summed E-state index contributed by atoms with van der Waals surface area (Å²) in [6.45, 7) is 2.68. The van der Waals surface area contributed by atoms with Gasteiger partial charge in [-0.1, -0.05) is 0 Å². The van der Waals surface area contributed by atoms with E-state index in [-0.39, 0.29) is 6.54 Å². The molecule has 0 bridgehead atoms. The first-order valence-corrected chi connectivity index (χ1v) is 10.2. The van der Waals surface area contributed by atoms with Gasteiger partial charge < -0.3 is 10.2 Å². The van der Waals surface area contributed by atoms with Gasteiger partial charge in [-0.2, -0.15) is 5.10 Å². The minimum Gasteiger partial charge on any atom is -0.369 e. The zero-order valence-electron chi connectivity index (χ0n) is 16.9. The standard InChI is InChI=1S/C22H23F2N7/c23-21(24)15-29-9-11-30(12-10-29)18-3-1-17(2-4-18)28-19-5-6-20(16-13-26-27-14-16)31-8-7-25-22(19)31/h1-8,13-14,21,28H,9-12,15H2,(H,26,27). The number of pyridine rings is 1. The highest BCUT2D eigenvalue weighted by Gasteiger charge is 2.19. The van der Waals surface area contributed by atoms with E-state index in [1.54, 1.807) is 12.4 Å². The van der Waals surface area contributed by atoms with Crippen molar-refractivity contribution in [3.05, 3.63) is 61.2 Å². The fourth-order valence-corrected chi connectivity index (χ4v) is 4.03. The van der Waals surface area contributed by atoms with Crippen LogP contribution in [-0.2, 0) is 0 Å². The molecule has 0 saturated carbocycles. The first kappa shape index (κ1) is 19.5. The van der Waals surface area contributed by atoms with Gasteiger partial charge in [-0.25, -0.2) is 13.8 Å². The summed E-state index contributed by atoms with van der Waals surface area (Å²) in [5, 5.41) is 10.3. The zero-order valence-corrected chi connectivity index (χ0v) is 16.9. The molecule has 0 atom stereocenters. The van der Waals surface area contributed by atoms with Crippen molar-refractivity contribution in [1.82, 2.24) is 24.5 Å². The summed E-state index contributed by atoms with van der Waals surface area (Å²) >= 11 is 0. The van der Waals surface area contributed by atoms with Gasteiger partial charge in [0.25, 0.3) is 6.43 Å². The maximum absolute atomic E-state index is 12.6. The number of rotatable bonds is 6. The quantitative estimate of drug-likeness (QED) is 0.493. The van der Waals surface area contributed by atoms with Gasteiger partial charge in [0.1, 0.15) is 0 Å². The maximum Gasteiger partial charge on any atom is 0.251 e. The van der Waals surface area contributed by atoms with E-state index in [0.717, 1.165) is 47.1 Å². The molecular weight excluding hydrogens is 400 g/mol. The summed E-state index contributed by atoms with van der Waals surface area (Å²) in [7, 11) is 0. The van der Waals surface area contributed by atoms with Crippen LogP contribution in [0.5, 0.6) is 0 Å². The predicted molar refractivity (Wildman–Crippen MR) is 117 cm³/mol. The molecule has 4 heterocycles. The van der Waals surface area contributed by atoms with E-state index in [1.807, 2.05) is 46.0 Å².